The van der Waals surface area contributed by atoms with Gasteiger partial charge < -0.3 is 9.64 Å². The van der Waals surface area contributed by atoms with Gasteiger partial charge in [0.25, 0.3) is 5.91 Å². The molecule has 28 heavy (non-hydrogen) atoms. The average Bonchev–Trinajstić information content (AvgIpc) is 3.02. The molecule has 0 spiro atoms. The smallest absolute Gasteiger partial charge is 0.342 e. The van der Waals surface area contributed by atoms with Crippen LogP contribution in [0, 0.1) is 13.8 Å². The quantitative estimate of drug-likeness (QED) is 0.636. The van der Waals surface area contributed by atoms with E-state index in [9.17, 15) is 9.59 Å². The van der Waals surface area contributed by atoms with Gasteiger partial charge in [0.2, 0.25) is 0 Å². The Morgan fingerprint density at radius 3 is 2.18 bits per heavy atom. The maximum Gasteiger partial charge on any atom is 0.342 e. The zero-order chi connectivity index (χ0) is 20.3. The highest BCUT2D eigenvalue weighted by molar-refractivity contribution is 5.99. The van der Waals surface area contributed by atoms with Crippen molar-refractivity contribution in [3.05, 3.63) is 77.6 Å². The summed E-state index contributed by atoms with van der Waals surface area (Å²) in [5.41, 5.74) is 3.20. The summed E-state index contributed by atoms with van der Waals surface area (Å²) < 4.78 is 7.17. The van der Waals surface area contributed by atoms with E-state index in [0.29, 0.717) is 17.0 Å². The third-order valence-electron chi connectivity index (χ3n) is 4.60. The molecule has 6 nitrogen and oxygen atoms in total. The zero-order valence-electron chi connectivity index (χ0n) is 16.4. The highest BCUT2D eigenvalue weighted by Gasteiger charge is 2.27. The predicted octanol–water partition coefficient (Wildman–Crippen LogP) is 3.70. The standard InChI is InChI=1S/C22H23N3O3/c1-15-20(16(2)25(23-15)19-13-9-6-10-14-19)22(27)28-17(3)21(26)24(4)18-11-7-5-8-12-18/h5-14,17H,1-4H3. The van der Waals surface area contributed by atoms with Crippen LogP contribution in [0.5, 0.6) is 0 Å². The van der Waals surface area contributed by atoms with Crippen molar-refractivity contribution >= 4 is 17.6 Å². The lowest BCUT2D eigenvalue weighted by molar-refractivity contribution is -0.126. The van der Waals surface area contributed by atoms with Crippen LogP contribution in [-0.2, 0) is 9.53 Å². The summed E-state index contributed by atoms with van der Waals surface area (Å²) >= 11 is 0. The summed E-state index contributed by atoms with van der Waals surface area (Å²) in [4.78, 5) is 26.9. The number of ether oxygens (including phenoxy) is 1. The van der Waals surface area contributed by atoms with Crippen molar-refractivity contribution in [3.63, 3.8) is 0 Å². The molecule has 1 aromatic heterocycles. The zero-order valence-corrected chi connectivity index (χ0v) is 16.4. The van der Waals surface area contributed by atoms with Crippen molar-refractivity contribution in [2.75, 3.05) is 11.9 Å². The number of hydrogen-bond acceptors (Lipinski definition) is 4. The first-order chi connectivity index (χ1) is 13.4. The van der Waals surface area contributed by atoms with Gasteiger partial charge in [0.1, 0.15) is 5.56 Å². The Bertz CT molecular complexity index is 981. The molecule has 0 aliphatic carbocycles. The van der Waals surface area contributed by atoms with Crippen LogP contribution in [0.2, 0.25) is 0 Å². The molecule has 6 heteroatoms. The lowest BCUT2D eigenvalue weighted by Crippen LogP contribution is -2.37. The van der Waals surface area contributed by atoms with E-state index in [2.05, 4.69) is 5.10 Å². The predicted molar refractivity (Wildman–Crippen MR) is 108 cm³/mol. The molecule has 0 saturated carbocycles. The Morgan fingerprint density at radius 2 is 1.57 bits per heavy atom. The highest BCUT2D eigenvalue weighted by Crippen LogP contribution is 2.20. The van der Waals surface area contributed by atoms with Crippen molar-refractivity contribution in [2.24, 2.45) is 0 Å². The minimum atomic E-state index is -0.920. The second-order valence-corrected chi connectivity index (χ2v) is 6.57. The van der Waals surface area contributed by atoms with Gasteiger partial charge in [-0.1, -0.05) is 36.4 Å². The number of nitrogens with zero attached hydrogens (tertiary/aromatic N) is 3. The number of esters is 1. The van der Waals surface area contributed by atoms with E-state index in [4.69, 9.17) is 4.74 Å². The molecule has 1 atom stereocenters. The molecular weight excluding hydrogens is 354 g/mol. The van der Waals surface area contributed by atoms with Crippen molar-refractivity contribution < 1.29 is 14.3 Å². The molecule has 0 bridgehead atoms. The van der Waals surface area contributed by atoms with Gasteiger partial charge in [-0.05, 0) is 45.0 Å². The molecule has 144 valence electrons. The van der Waals surface area contributed by atoms with E-state index in [-0.39, 0.29) is 5.91 Å². The summed E-state index contributed by atoms with van der Waals surface area (Å²) in [6.07, 6.45) is -0.920. The number of likely N-dealkylation sites (N-methyl/N-ethyl adjacent to an activating group) is 1. The normalized spacial score (nSPS) is 11.7. The Hall–Kier alpha value is -3.41. The van der Waals surface area contributed by atoms with Gasteiger partial charge in [0, 0.05) is 12.7 Å². The number of amides is 1. The van der Waals surface area contributed by atoms with E-state index in [1.807, 2.05) is 67.6 Å². The summed E-state index contributed by atoms with van der Waals surface area (Å²) in [5.74, 6) is -0.857. The molecule has 0 fully saturated rings. The maximum atomic E-state index is 12.8. The molecule has 1 heterocycles. The second-order valence-electron chi connectivity index (χ2n) is 6.57. The van der Waals surface area contributed by atoms with Crippen LogP contribution in [0.4, 0.5) is 5.69 Å². The van der Waals surface area contributed by atoms with E-state index in [1.165, 1.54) is 4.90 Å². The number of para-hydroxylation sites is 2. The summed E-state index contributed by atoms with van der Waals surface area (Å²) in [6, 6.07) is 18.8. The van der Waals surface area contributed by atoms with Crippen LogP contribution in [0.15, 0.2) is 60.7 Å². The van der Waals surface area contributed by atoms with E-state index in [1.54, 1.807) is 25.6 Å². The minimum Gasteiger partial charge on any atom is -0.449 e. The molecular formula is C22H23N3O3. The third kappa shape index (κ3) is 3.81. The number of hydrogen-bond donors (Lipinski definition) is 0. The Kier molecular flexibility index (Phi) is 5.59. The van der Waals surface area contributed by atoms with E-state index >= 15 is 0 Å². The van der Waals surface area contributed by atoms with Gasteiger partial charge >= 0.3 is 5.97 Å². The number of carbonyl (C=O) groups is 2. The first-order valence-corrected chi connectivity index (χ1v) is 9.05. The molecule has 2 aromatic carbocycles. The molecule has 0 aliphatic heterocycles. The monoisotopic (exact) mass is 377 g/mol. The molecule has 1 amide bonds. The second kappa shape index (κ2) is 8.08. The molecule has 1 unspecified atom stereocenters. The number of aryl methyl sites for hydroxylation is 1. The van der Waals surface area contributed by atoms with Crippen LogP contribution in [-0.4, -0.2) is 34.8 Å². The van der Waals surface area contributed by atoms with Crippen LogP contribution < -0.4 is 4.90 Å². The Morgan fingerprint density at radius 1 is 1.00 bits per heavy atom. The first-order valence-electron chi connectivity index (χ1n) is 9.05. The van der Waals surface area contributed by atoms with Crippen LogP contribution in [0.1, 0.15) is 28.7 Å². The molecule has 0 saturated heterocycles. The summed E-state index contributed by atoms with van der Waals surface area (Å²) in [6.45, 7) is 5.14. The van der Waals surface area contributed by atoms with Crippen LogP contribution >= 0.6 is 0 Å². The van der Waals surface area contributed by atoms with Gasteiger partial charge in [0.05, 0.1) is 17.1 Å². The van der Waals surface area contributed by atoms with E-state index < -0.39 is 12.1 Å². The number of carbonyl (C=O) groups excluding carboxylic acids is 2. The fourth-order valence-electron chi connectivity index (χ4n) is 3.08. The lowest BCUT2D eigenvalue weighted by atomic mass is 10.2. The molecule has 3 aromatic rings. The molecule has 0 aliphatic rings. The number of benzene rings is 2. The first kappa shape index (κ1) is 19.4. The van der Waals surface area contributed by atoms with Gasteiger partial charge in [-0.2, -0.15) is 5.10 Å². The summed E-state index contributed by atoms with van der Waals surface area (Å²) in [5, 5.41) is 4.46. The molecule has 0 N–H and O–H groups in total. The minimum absolute atomic E-state index is 0.301. The van der Waals surface area contributed by atoms with Crippen LogP contribution in [0.25, 0.3) is 5.69 Å². The topological polar surface area (TPSA) is 64.4 Å². The third-order valence-corrected chi connectivity index (χ3v) is 4.60. The van der Waals surface area contributed by atoms with Gasteiger partial charge in [-0.3, -0.25) is 4.79 Å². The number of rotatable bonds is 5. The van der Waals surface area contributed by atoms with Crippen molar-refractivity contribution in [2.45, 2.75) is 26.9 Å². The van der Waals surface area contributed by atoms with Gasteiger partial charge in [-0.15, -0.1) is 0 Å². The van der Waals surface area contributed by atoms with Gasteiger partial charge in [0.15, 0.2) is 6.10 Å². The number of anilines is 1. The molecule has 3 rings (SSSR count). The van der Waals surface area contributed by atoms with Crippen molar-refractivity contribution in [1.29, 1.82) is 0 Å². The van der Waals surface area contributed by atoms with Crippen LogP contribution in [0.3, 0.4) is 0 Å². The maximum absolute atomic E-state index is 12.8. The Balaban J connectivity index is 1.78. The lowest BCUT2D eigenvalue weighted by Gasteiger charge is -2.21. The van der Waals surface area contributed by atoms with Crippen molar-refractivity contribution in [3.8, 4) is 5.69 Å². The SMILES string of the molecule is Cc1nn(-c2ccccc2)c(C)c1C(=O)OC(C)C(=O)N(C)c1ccccc1. The fraction of sp³-hybridized carbons (Fsp3) is 0.227. The van der Waals surface area contributed by atoms with Crippen molar-refractivity contribution in [1.82, 2.24) is 9.78 Å². The van der Waals surface area contributed by atoms with Gasteiger partial charge in [-0.25, -0.2) is 9.48 Å². The largest absolute Gasteiger partial charge is 0.449 e. The molecule has 0 radical (unpaired) electrons. The highest BCUT2D eigenvalue weighted by atomic mass is 16.5. The van der Waals surface area contributed by atoms with E-state index in [0.717, 1.165) is 11.4 Å². The number of aromatic nitrogens is 2. The Labute approximate surface area is 164 Å². The average molecular weight is 377 g/mol. The summed E-state index contributed by atoms with van der Waals surface area (Å²) in [7, 11) is 1.66. The fourth-order valence-corrected chi connectivity index (χ4v) is 3.08.